The fourth-order valence-electron chi connectivity index (χ4n) is 0.207. The minimum atomic E-state index is 0.368. The second-order valence-electron chi connectivity index (χ2n) is 1.10. The fourth-order valence-corrected chi connectivity index (χ4v) is 0.715. The molecular formula is C4H8I2O. The molecular weight excluding hydrogens is 318 g/mol. The molecule has 0 fully saturated rings. The summed E-state index contributed by atoms with van der Waals surface area (Å²) >= 11 is 4.53. The Morgan fingerprint density at radius 3 is 2.43 bits per heavy atom. The SMILES string of the molecule is C[C@H](I)OCCI. The third-order valence-corrected chi connectivity index (χ3v) is 1.22. The lowest BCUT2D eigenvalue weighted by atomic mass is 10.8. The summed E-state index contributed by atoms with van der Waals surface area (Å²) in [6.45, 7) is 2.91. The second kappa shape index (κ2) is 5.55. The third kappa shape index (κ3) is 7.42. The van der Waals surface area contributed by atoms with Crippen LogP contribution in [0, 0.1) is 0 Å². The molecule has 0 unspecified atom stereocenters. The van der Waals surface area contributed by atoms with E-state index in [0.29, 0.717) is 4.11 Å². The van der Waals surface area contributed by atoms with E-state index in [-0.39, 0.29) is 0 Å². The Balaban J connectivity index is 2.68. The van der Waals surface area contributed by atoms with Gasteiger partial charge in [0.05, 0.1) is 6.61 Å². The zero-order valence-electron chi connectivity index (χ0n) is 4.16. The van der Waals surface area contributed by atoms with Gasteiger partial charge in [0.1, 0.15) is 4.11 Å². The molecule has 7 heavy (non-hydrogen) atoms. The lowest BCUT2D eigenvalue weighted by Crippen LogP contribution is -2.00. The van der Waals surface area contributed by atoms with Crippen molar-refractivity contribution < 1.29 is 4.74 Å². The molecule has 0 aliphatic heterocycles. The molecule has 0 N–H and O–H groups in total. The van der Waals surface area contributed by atoms with Gasteiger partial charge in [0, 0.05) is 4.43 Å². The summed E-state index contributed by atoms with van der Waals surface area (Å²) < 4.78 is 6.63. The highest BCUT2D eigenvalue weighted by Crippen LogP contribution is 1.99. The lowest BCUT2D eigenvalue weighted by Gasteiger charge is -2.00. The molecule has 0 saturated carbocycles. The van der Waals surface area contributed by atoms with E-state index < -0.39 is 0 Å². The molecule has 44 valence electrons. The second-order valence-corrected chi connectivity index (χ2v) is 3.94. The summed E-state index contributed by atoms with van der Waals surface area (Å²) in [5.74, 6) is 0. The zero-order chi connectivity index (χ0) is 5.70. The molecule has 0 rings (SSSR count). The van der Waals surface area contributed by atoms with Crippen molar-refractivity contribution in [2.75, 3.05) is 11.0 Å². The molecule has 1 nitrogen and oxygen atoms in total. The minimum absolute atomic E-state index is 0.368. The van der Waals surface area contributed by atoms with Gasteiger partial charge in [-0.25, -0.2) is 0 Å². The number of hydrogen-bond donors (Lipinski definition) is 0. The molecule has 3 heteroatoms. The number of halogens is 2. The van der Waals surface area contributed by atoms with E-state index in [0.717, 1.165) is 11.0 Å². The van der Waals surface area contributed by atoms with Gasteiger partial charge in [0.2, 0.25) is 0 Å². The normalized spacial score (nSPS) is 14.1. The van der Waals surface area contributed by atoms with E-state index in [9.17, 15) is 0 Å². The molecule has 0 heterocycles. The Kier molecular flexibility index (Phi) is 6.68. The number of rotatable bonds is 3. The van der Waals surface area contributed by atoms with Crippen LogP contribution in [0.3, 0.4) is 0 Å². The zero-order valence-corrected chi connectivity index (χ0v) is 8.47. The van der Waals surface area contributed by atoms with Crippen LogP contribution >= 0.6 is 45.2 Å². The highest BCUT2D eigenvalue weighted by molar-refractivity contribution is 14.1. The van der Waals surface area contributed by atoms with Gasteiger partial charge in [0.25, 0.3) is 0 Å². The summed E-state index contributed by atoms with van der Waals surface area (Å²) in [4.78, 5) is 0. The first-order valence-corrected chi connectivity index (χ1v) is 4.86. The van der Waals surface area contributed by atoms with Crippen molar-refractivity contribution in [2.45, 2.75) is 11.0 Å². The molecule has 0 aliphatic rings. The van der Waals surface area contributed by atoms with Crippen molar-refractivity contribution in [3.63, 3.8) is 0 Å². The number of ether oxygens (including phenoxy) is 1. The van der Waals surface area contributed by atoms with Crippen LogP contribution in [0.1, 0.15) is 6.92 Å². The Hall–Kier alpha value is 1.42. The van der Waals surface area contributed by atoms with Gasteiger partial charge in [-0.05, 0) is 6.92 Å². The van der Waals surface area contributed by atoms with Crippen molar-refractivity contribution in [3.05, 3.63) is 0 Å². The van der Waals surface area contributed by atoms with Crippen LogP contribution in [0.25, 0.3) is 0 Å². The van der Waals surface area contributed by atoms with Crippen molar-refractivity contribution in [2.24, 2.45) is 0 Å². The van der Waals surface area contributed by atoms with E-state index in [1.807, 2.05) is 6.92 Å². The van der Waals surface area contributed by atoms with Gasteiger partial charge in [-0.1, -0.05) is 45.2 Å². The predicted molar refractivity (Wildman–Crippen MR) is 48.3 cm³/mol. The first-order chi connectivity index (χ1) is 3.27. The average Bonchev–Trinajstić information content (AvgIpc) is 1.61. The first kappa shape index (κ1) is 8.42. The summed E-state index contributed by atoms with van der Waals surface area (Å²) in [7, 11) is 0. The van der Waals surface area contributed by atoms with Crippen molar-refractivity contribution in [3.8, 4) is 0 Å². The lowest BCUT2D eigenvalue weighted by molar-refractivity contribution is 0.152. The molecule has 0 spiro atoms. The van der Waals surface area contributed by atoms with Gasteiger partial charge < -0.3 is 4.74 Å². The van der Waals surface area contributed by atoms with Crippen LogP contribution in [0.15, 0.2) is 0 Å². The average molecular weight is 326 g/mol. The first-order valence-electron chi connectivity index (χ1n) is 2.09. The minimum Gasteiger partial charge on any atom is -0.367 e. The Bertz CT molecular complexity index is 38.7. The van der Waals surface area contributed by atoms with Crippen LogP contribution in [0.4, 0.5) is 0 Å². The highest BCUT2D eigenvalue weighted by Gasteiger charge is 1.89. The van der Waals surface area contributed by atoms with Crippen LogP contribution in [0.5, 0.6) is 0 Å². The molecule has 0 amide bonds. The standard InChI is InChI=1S/C4H8I2O/c1-4(6)7-3-2-5/h4H,2-3H2,1H3/t4-/m1/s1. The van der Waals surface area contributed by atoms with Crippen LogP contribution in [-0.4, -0.2) is 15.1 Å². The van der Waals surface area contributed by atoms with Crippen LogP contribution in [0.2, 0.25) is 0 Å². The summed E-state index contributed by atoms with van der Waals surface area (Å²) in [6.07, 6.45) is 0. The number of hydrogen-bond acceptors (Lipinski definition) is 1. The van der Waals surface area contributed by atoms with Gasteiger partial charge in [0.15, 0.2) is 0 Å². The van der Waals surface area contributed by atoms with Crippen molar-refractivity contribution in [1.82, 2.24) is 0 Å². The summed E-state index contributed by atoms with van der Waals surface area (Å²) in [5, 5.41) is 0. The topological polar surface area (TPSA) is 9.23 Å². The molecule has 0 bridgehead atoms. The van der Waals surface area contributed by atoms with Gasteiger partial charge in [-0.3, -0.25) is 0 Å². The van der Waals surface area contributed by atoms with E-state index in [1.165, 1.54) is 0 Å². The summed E-state index contributed by atoms with van der Waals surface area (Å²) in [6, 6.07) is 0. The number of alkyl halides is 2. The molecule has 0 aromatic heterocycles. The highest BCUT2D eigenvalue weighted by atomic mass is 127. The predicted octanol–water partition coefficient (Wildman–Crippen LogP) is 2.22. The van der Waals surface area contributed by atoms with Gasteiger partial charge in [-0.15, -0.1) is 0 Å². The maximum atomic E-state index is 5.17. The molecule has 0 aromatic rings. The molecule has 0 aromatic carbocycles. The van der Waals surface area contributed by atoms with Gasteiger partial charge >= 0.3 is 0 Å². The maximum absolute atomic E-state index is 5.17. The fraction of sp³-hybridized carbons (Fsp3) is 1.00. The van der Waals surface area contributed by atoms with E-state index in [1.54, 1.807) is 0 Å². The Labute approximate surface area is 71.5 Å². The molecule has 0 saturated heterocycles. The Morgan fingerprint density at radius 1 is 1.71 bits per heavy atom. The quantitative estimate of drug-likeness (QED) is 0.571. The monoisotopic (exact) mass is 326 g/mol. The third-order valence-electron chi connectivity index (χ3n) is 0.425. The van der Waals surface area contributed by atoms with E-state index >= 15 is 0 Å². The maximum Gasteiger partial charge on any atom is 0.106 e. The largest absolute Gasteiger partial charge is 0.367 e. The van der Waals surface area contributed by atoms with Crippen molar-refractivity contribution >= 4 is 45.2 Å². The van der Waals surface area contributed by atoms with Gasteiger partial charge in [-0.2, -0.15) is 0 Å². The van der Waals surface area contributed by atoms with Crippen molar-refractivity contribution in [1.29, 1.82) is 0 Å². The molecule has 1 atom stereocenters. The summed E-state index contributed by atoms with van der Waals surface area (Å²) in [5.41, 5.74) is 0. The van der Waals surface area contributed by atoms with E-state index in [2.05, 4.69) is 45.2 Å². The molecule has 0 radical (unpaired) electrons. The van der Waals surface area contributed by atoms with Crippen LogP contribution < -0.4 is 0 Å². The smallest absolute Gasteiger partial charge is 0.106 e. The molecule has 0 aliphatic carbocycles. The van der Waals surface area contributed by atoms with Crippen LogP contribution in [-0.2, 0) is 4.74 Å². The Morgan fingerprint density at radius 2 is 2.29 bits per heavy atom. The van der Waals surface area contributed by atoms with E-state index in [4.69, 9.17) is 4.74 Å².